The van der Waals surface area contributed by atoms with Crippen molar-refractivity contribution >= 4 is 43.8 Å². The van der Waals surface area contributed by atoms with E-state index in [2.05, 4.69) is 55.9 Å². The molecule has 0 bridgehead atoms. The molecular formula is C15H15Br2NO. The molecule has 2 aromatic rings. The largest absolute Gasteiger partial charge is 0.447 e. The highest BCUT2D eigenvalue weighted by molar-refractivity contribution is 9.13. The molecule has 4 heteroatoms. The summed E-state index contributed by atoms with van der Waals surface area (Å²) in [5, 5.41) is 0. The molecule has 0 saturated heterocycles. The van der Waals surface area contributed by atoms with Gasteiger partial charge in [0.2, 0.25) is 0 Å². The summed E-state index contributed by atoms with van der Waals surface area (Å²) in [7, 11) is 0. The highest BCUT2D eigenvalue weighted by atomic mass is 79.9. The molecule has 0 N–H and O–H groups in total. The molecule has 0 aliphatic heterocycles. The van der Waals surface area contributed by atoms with Crippen LogP contribution in [0.25, 0.3) is 0 Å². The van der Waals surface area contributed by atoms with Crippen LogP contribution in [0, 0.1) is 0 Å². The van der Waals surface area contributed by atoms with Gasteiger partial charge in [0.05, 0.1) is 16.4 Å². The number of nitrogens with zero attached hydrogens (tertiary/aromatic N) is 1. The monoisotopic (exact) mass is 383 g/mol. The lowest BCUT2D eigenvalue weighted by molar-refractivity contribution is 0.533. The fourth-order valence-electron chi connectivity index (χ4n) is 1.69. The average Bonchev–Trinajstić information content (AvgIpc) is 2.74. The molecule has 1 heterocycles. The van der Waals surface area contributed by atoms with E-state index in [-0.39, 0.29) is 0 Å². The molecule has 19 heavy (non-hydrogen) atoms. The molecule has 2 nitrogen and oxygen atoms in total. The van der Waals surface area contributed by atoms with Crippen LogP contribution >= 0.6 is 31.9 Å². The van der Waals surface area contributed by atoms with Gasteiger partial charge >= 0.3 is 0 Å². The number of aryl methyl sites for hydroxylation is 1. The van der Waals surface area contributed by atoms with Crippen molar-refractivity contribution in [3.05, 3.63) is 50.8 Å². The molecule has 2 rings (SSSR count). The lowest BCUT2D eigenvalue weighted by Crippen LogP contribution is -1.83. The van der Waals surface area contributed by atoms with E-state index in [1.165, 1.54) is 18.4 Å². The fraction of sp³-hybridized carbons (Fsp3) is 0.267. The zero-order valence-electron chi connectivity index (χ0n) is 10.7. The Kier molecular flexibility index (Phi) is 5.40. The van der Waals surface area contributed by atoms with Crippen LogP contribution in [0.3, 0.4) is 0 Å². The maximum absolute atomic E-state index is 5.43. The highest BCUT2D eigenvalue weighted by Gasteiger charge is 2.03. The van der Waals surface area contributed by atoms with Crippen molar-refractivity contribution in [3.8, 4) is 0 Å². The number of rotatable bonds is 5. The van der Waals surface area contributed by atoms with Gasteiger partial charge in [0.15, 0.2) is 4.67 Å². The molecule has 100 valence electrons. The first-order valence-corrected chi connectivity index (χ1v) is 7.85. The van der Waals surface area contributed by atoms with Crippen LogP contribution in [-0.2, 0) is 6.42 Å². The van der Waals surface area contributed by atoms with Gasteiger partial charge in [-0.05, 0) is 62.4 Å². The van der Waals surface area contributed by atoms with Gasteiger partial charge in [-0.2, -0.15) is 0 Å². The van der Waals surface area contributed by atoms with Crippen LogP contribution in [0.15, 0.2) is 48.9 Å². The van der Waals surface area contributed by atoms with Gasteiger partial charge in [-0.15, -0.1) is 0 Å². The van der Waals surface area contributed by atoms with E-state index in [1.807, 2.05) is 18.2 Å². The Bertz CT molecular complexity index is 539. The normalized spacial score (nSPS) is 11.3. The van der Waals surface area contributed by atoms with Gasteiger partial charge in [-0.1, -0.05) is 25.5 Å². The Balaban J connectivity index is 2.02. The van der Waals surface area contributed by atoms with Crippen LogP contribution in [0.4, 0.5) is 5.69 Å². The predicted molar refractivity (Wildman–Crippen MR) is 86.4 cm³/mol. The number of aliphatic imine (C=N–C) groups is 1. The number of hydrogen-bond acceptors (Lipinski definition) is 2. The summed E-state index contributed by atoms with van der Waals surface area (Å²) in [6.07, 6.45) is 5.31. The van der Waals surface area contributed by atoms with Gasteiger partial charge < -0.3 is 4.42 Å². The SMILES string of the molecule is CCCCc1ccc(N=Cc2cc(Br)c(Br)o2)cc1. The Morgan fingerprint density at radius 3 is 2.53 bits per heavy atom. The minimum atomic E-state index is 0.684. The molecule has 0 radical (unpaired) electrons. The lowest BCUT2D eigenvalue weighted by Gasteiger charge is -1.99. The lowest BCUT2D eigenvalue weighted by atomic mass is 10.1. The Labute approximate surface area is 130 Å². The molecule has 0 unspecified atom stereocenters. The van der Waals surface area contributed by atoms with Crippen molar-refractivity contribution in [2.24, 2.45) is 4.99 Å². The third-order valence-electron chi connectivity index (χ3n) is 2.76. The van der Waals surface area contributed by atoms with Gasteiger partial charge in [0, 0.05) is 6.07 Å². The smallest absolute Gasteiger partial charge is 0.184 e. The molecular weight excluding hydrogens is 370 g/mol. The zero-order valence-corrected chi connectivity index (χ0v) is 13.9. The molecule has 0 aliphatic rings. The van der Waals surface area contributed by atoms with Crippen molar-refractivity contribution in [3.63, 3.8) is 0 Å². The van der Waals surface area contributed by atoms with Gasteiger partial charge in [-0.3, -0.25) is 4.99 Å². The van der Waals surface area contributed by atoms with Crippen molar-refractivity contribution in [1.29, 1.82) is 0 Å². The summed E-state index contributed by atoms with van der Waals surface area (Å²) >= 11 is 6.67. The van der Waals surface area contributed by atoms with E-state index in [1.54, 1.807) is 6.21 Å². The van der Waals surface area contributed by atoms with E-state index in [9.17, 15) is 0 Å². The number of halogens is 2. The second-order valence-electron chi connectivity index (χ2n) is 4.30. The molecule has 0 aliphatic carbocycles. The van der Waals surface area contributed by atoms with Crippen LogP contribution in [0.1, 0.15) is 31.1 Å². The first kappa shape index (κ1) is 14.5. The van der Waals surface area contributed by atoms with E-state index in [0.717, 1.165) is 16.6 Å². The minimum Gasteiger partial charge on any atom is -0.447 e. The maximum Gasteiger partial charge on any atom is 0.184 e. The van der Waals surface area contributed by atoms with Crippen molar-refractivity contribution in [2.45, 2.75) is 26.2 Å². The van der Waals surface area contributed by atoms with E-state index in [4.69, 9.17) is 4.42 Å². The van der Waals surface area contributed by atoms with E-state index in [0.29, 0.717) is 10.4 Å². The molecule has 1 aromatic heterocycles. The number of unbranched alkanes of at least 4 members (excludes halogenated alkanes) is 1. The molecule has 0 spiro atoms. The Morgan fingerprint density at radius 1 is 1.21 bits per heavy atom. The summed E-state index contributed by atoms with van der Waals surface area (Å²) in [6.45, 7) is 2.21. The van der Waals surface area contributed by atoms with Gasteiger partial charge in [0.1, 0.15) is 5.76 Å². The minimum absolute atomic E-state index is 0.684. The first-order chi connectivity index (χ1) is 9.19. The van der Waals surface area contributed by atoms with Crippen LogP contribution in [0.5, 0.6) is 0 Å². The average molecular weight is 385 g/mol. The quantitative estimate of drug-likeness (QED) is 0.589. The van der Waals surface area contributed by atoms with Crippen LogP contribution in [0.2, 0.25) is 0 Å². The van der Waals surface area contributed by atoms with Crippen molar-refractivity contribution in [2.75, 3.05) is 0 Å². The van der Waals surface area contributed by atoms with Gasteiger partial charge in [0.25, 0.3) is 0 Å². The fourth-order valence-corrected chi connectivity index (χ4v) is 2.30. The summed E-state index contributed by atoms with van der Waals surface area (Å²) < 4.78 is 7.01. The molecule has 1 aromatic carbocycles. The summed E-state index contributed by atoms with van der Waals surface area (Å²) in [5.41, 5.74) is 2.30. The van der Waals surface area contributed by atoms with Crippen molar-refractivity contribution < 1.29 is 4.42 Å². The Morgan fingerprint density at radius 2 is 1.95 bits per heavy atom. The third-order valence-corrected chi connectivity index (χ3v) is 4.47. The second-order valence-corrected chi connectivity index (χ2v) is 5.87. The van der Waals surface area contributed by atoms with Gasteiger partial charge in [-0.25, -0.2) is 0 Å². The topological polar surface area (TPSA) is 25.5 Å². The number of furan rings is 1. The molecule has 0 amide bonds. The van der Waals surface area contributed by atoms with E-state index >= 15 is 0 Å². The number of hydrogen-bond donors (Lipinski definition) is 0. The summed E-state index contributed by atoms with van der Waals surface area (Å²) in [5.74, 6) is 0.716. The third kappa shape index (κ3) is 4.32. The molecule has 0 atom stereocenters. The maximum atomic E-state index is 5.43. The van der Waals surface area contributed by atoms with E-state index < -0.39 is 0 Å². The second kappa shape index (κ2) is 7.06. The standard InChI is InChI=1S/C15H15Br2NO/c1-2-3-4-11-5-7-12(8-6-11)18-10-13-9-14(16)15(17)19-13/h5-10H,2-4H2,1H3. The number of benzene rings is 1. The predicted octanol–water partition coefficient (Wildman–Crippen LogP) is 5.90. The molecule has 0 saturated carbocycles. The highest BCUT2D eigenvalue weighted by Crippen LogP contribution is 2.26. The first-order valence-electron chi connectivity index (χ1n) is 6.27. The molecule has 0 fully saturated rings. The van der Waals surface area contributed by atoms with Crippen LogP contribution in [-0.4, -0.2) is 6.21 Å². The summed E-state index contributed by atoms with van der Waals surface area (Å²) in [6, 6.07) is 10.2. The Hall–Kier alpha value is -0.870. The van der Waals surface area contributed by atoms with Crippen molar-refractivity contribution in [1.82, 2.24) is 0 Å². The summed E-state index contributed by atoms with van der Waals surface area (Å²) in [4.78, 5) is 4.39. The van der Waals surface area contributed by atoms with Crippen LogP contribution < -0.4 is 0 Å². The zero-order chi connectivity index (χ0) is 13.7.